The number of ether oxygens (including phenoxy) is 1. The number of rotatable bonds is 5. The van der Waals surface area contributed by atoms with E-state index in [-0.39, 0.29) is 4.90 Å². The Morgan fingerprint density at radius 1 is 0.852 bits per heavy atom. The molecule has 2 aromatic carbocycles. The van der Waals surface area contributed by atoms with E-state index in [1.807, 2.05) is 18.2 Å². The maximum atomic E-state index is 12.9. The molecule has 0 amide bonds. The summed E-state index contributed by atoms with van der Waals surface area (Å²) < 4.78 is 34.1. The number of sulfonamides is 1. The predicted molar refractivity (Wildman–Crippen MR) is 108 cm³/mol. The summed E-state index contributed by atoms with van der Waals surface area (Å²) in [7, 11) is -3.63. The lowest BCUT2D eigenvalue weighted by Gasteiger charge is -2.30. The third-order valence-electron chi connectivity index (χ3n) is 5.10. The Labute approximate surface area is 160 Å². The molecule has 144 valence electrons. The minimum atomic E-state index is -3.63. The average molecular weight is 388 g/mol. The van der Waals surface area contributed by atoms with Crippen molar-refractivity contribution >= 4 is 27.1 Å². The molecule has 27 heavy (non-hydrogen) atoms. The van der Waals surface area contributed by atoms with Crippen molar-refractivity contribution in [2.45, 2.75) is 17.7 Å². The minimum absolute atomic E-state index is 0.272. The predicted octanol–water partition coefficient (Wildman–Crippen LogP) is 2.92. The molecular formula is C20H25N3O3S. The first-order valence-corrected chi connectivity index (χ1v) is 10.9. The zero-order chi connectivity index (χ0) is 18.7. The van der Waals surface area contributed by atoms with Crippen molar-refractivity contribution in [1.82, 2.24) is 0 Å². The summed E-state index contributed by atoms with van der Waals surface area (Å²) in [5.74, 6) is 0. The Hall–Kier alpha value is -2.25. The van der Waals surface area contributed by atoms with E-state index in [9.17, 15) is 8.42 Å². The lowest BCUT2D eigenvalue weighted by Crippen LogP contribution is -2.36. The molecule has 0 aromatic heterocycles. The molecule has 2 fully saturated rings. The van der Waals surface area contributed by atoms with Crippen molar-refractivity contribution in [2.24, 2.45) is 0 Å². The van der Waals surface area contributed by atoms with Crippen molar-refractivity contribution in [3.63, 3.8) is 0 Å². The molecule has 0 saturated carbocycles. The third-order valence-corrected chi connectivity index (χ3v) is 6.48. The largest absolute Gasteiger partial charge is 0.378 e. The van der Waals surface area contributed by atoms with Gasteiger partial charge in [0.1, 0.15) is 0 Å². The summed E-state index contributed by atoms with van der Waals surface area (Å²) in [4.78, 5) is 4.76. The summed E-state index contributed by atoms with van der Waals surface area (Å²) in [6, 6.07) is 14.6. The third kappa shape index (κ3) is 4.04. The van der Waals surface area contributed by atoms with E-state index < -0.39 is 10.0 Å². The van der Waals surface area contributed by atoms with Crippen LogP contribution in [0.5, 0.6) is 0 Å². The number of nitrogens with zero attached hydrogens (tertiary/aromatic N) is 2. The Morgan fingerprint density at radius 3 is 2.26 bits per heavy atom. The molecule has 2 saturated heterocycles. The van der Waals surface area contributed by atoms with E-state index in [0.717, 1.165) is 50.4 Å². The van der Waals surface area contributed by atoms with Crippen LogP contribution in [0.3, 0.4) is 0 Å². The molecule has 6 nitrogen and oxygen atoms in total. The SMILES string of the molecule is O=S(=O)(Nc1cc(N2CCOCC2)ccc1N1CCCC1)c1ccccc1. The van der Waals surface area contributed by atoms with Gasteiger partial charge in [-0.25, -0.2) is 8.42 Å². The van der Waals surface area contributed by atoms with Crippen molar-refractivity contribution < 1.29 is 13.2 Å². The monoisotopic (exact) mass is 387 g/mol. The van der Waals surface area contributed by atoms with Crippen LogP contribution in [0.1, 0.15) is 12.8 Å². The smallest absolute Gasteiger partial charge is 0.261 e. The quantitative estimate of drug-likeness (QED) is 0.855. The second-order valence-corrected chi connectivity index (χ2v) is 8.60. The minimum Gasteiger partial charge on any atom is -0.378 e. The topological polar surface area (TPSA) is 61.9 Å². The molecule has 2 aliphatic heterocycles. The second-order valence-electron chi connectivity index (χ2n) is 6.91. The Bertz CT molecular complexity index is 875. The van der Waals surface area contributed by atoms with E-state index in [4.69, 9.17) is 4.74 Å². The molecule has 0 unspecified atom stereocenters. The van der Waals surface area contributed by atoms with Gasteiger partial charge in [-0.3, -0.25) is 4.72 Å². The Kier molecular flexibility index (Phi) is 5.22. The van der Waals surface area contributed by atoms with Crippen molar-refractivity contribution in [3.05, 3.63) is 48.5 Å². The van der Waals surface area contributed by atoms with Crippen LogP contribution in [0.15, 0.2) is 53.4 Å². The highest BCUT2D eigenvalue weighted by Crippen LogP contribution is 2.34. The van der Waals surface area contributed by atoms with Gasteiger partial charge in [0.2, 0.25) is 0 Å². The van der Waals surface area contributed by atoms with E-state index in [0.29, 0.717) is 18.9 Å². The number of hydrogen-bond acceptors (Lipinski definition) is 5. The molecule has 0 aliphatic carbocycles. The van der Waals surface area contributed by atoms with E-state index in [1.54, 1.807) is 24.3 Å². The van der Waals surface area contributed by atoms with Crippen molar-refractivity contribution in [2.75, 3.05) is 53.9 Å². The molecule has 2 aromatic rings. The zero-order valence-corrected chi connectivity index (χ0v) is 16.1. The normalized spacial score (nSPS) is 17.9. The van der Waals surface area contributed by atoms with Gasteiger partial charge in [0.25, 0.3) is 10.0 Å². The molecule has 2 heterocycles. The van der Waals surface area contributed by atoms with Crippen LogP contribution >= 0.6 is 0 Å². The maximum absolute atomic E-state index is 12.9. The van der Waals surface area contributed by atoms with Gasteiger partial charge in [0.05, 0.1) is 29.5 Å². The second kappa shape index (κ2) is 7.78. The fourth-order valence-corrected chi connectivity index (χ4v) is 4.75. The van der Waals surface area contributed by atoms with Crippen molar-refractivity contribution in [1.29, 1.82) is 0 Å². The summed E-state index contributed by atoms with van der Waals surface area (Å²) in [6.07, 6.45) is 2.27. The Balaban J connectivity index is 1.69. The maximum Gasteiger partial charge on any atom is 0.261 e. The summed E-state index contributed by atoms with van der Waals surface area (Å²) in [6.45, 7) is 4.92. The lowest BCUT2D eigenvalue weighted by molar-refractivity contribution is 0.122. The molecule has 2 aliphatic rings. The van der Waals surface area contributed by atoms with Gasteiger partial charge in [0, 0.05) is 31.9 Å². The van der Waals surface area contributed by atoms with Crippen LogP contribution in [-0.4, -0.2) is 47.8 Å². The highest BCUT2D eigenvalue weighted by atomic mass is 32.2. The first-order valence-electron chi connectivity index (χ1n) is 9.43. The summed E-state index contributed by atoms with van der Waals surface area (Å²) in [5, 5.41) is 0. The molecule has 0 spiro atoms. The van der Waals surface area contributed by atoms with Crippen LogP contribution in [0.2, 0.25) is 0 Å². The van der Waals surface area contributed by atoms with Crippen LogP contribution < -0.4 is 14.5 Å². The van der Waals surface area contributed by atoms with Crippen LogP contribution in [0, 0.1) is 0 Å². The number of anilines is 3. The van der Waals surface area contributed by atoms with Gasteiger partial charge in [0.15, 0.2) is 0 Å². The molecule has 0 atom stereocenters. The fraction of sp³-hybridized carbons (Fsp3) is 0.400. The molecular weight excluding hydrogens is 362 g/mol. The molecule has 4 rings (SSSR count). The first-order chi connectivity index (χ1) is 13.1. The van der Waals surface area contributed by atoms with Gasteiger partial charge in [-0.1, -0.05) is 18.2 Å². The highest BCUT2D eigenvalue weighted by molar-refractivity contribution is 7.92. The molecule has 1 N–H and O–H groups in total. The van der Waals surface area contributed by atoms with Crippen LogP contribution in [0.25, 0.3) is 0 Å². The first kappa shape index (κ1) is 18.1. The molecule has 0 bridgehead atoms. The number of hydrogen-bond donors (Lipinski definition) is 1. The average Bonchev–Trinajstić information content (AvgIpc) is 3.24. The molecule has 0 radical (unpaired) electrons. The van der Waals surface area contributed by atoms with E-state index >= 15 is 0 Å². The fourth-order valence-electron chi connectivity index (χ4n) is 3.66. The van der Waals surface area contributed by atoms with E-state index in [2.05, 4.69) is 20.6 Å². The summed E-state index contributed by atoms with van der Waals surface area (Å²) in [5.41, 5.74) is 2.61. The van der Waals surface area contributed by atoms with Gasteiger partial charge in [-0.05, 0) is 43.2 Å². The Morgan fingerprint density at radius 2 is 1.56 bits per heavy atom. The highest BCUT2D eigenvalue weighted by Gasteiger charge is 2.22. The zero-order valence-electron chi connectivity index (χ0n) is 15.3. The van der Waals surface area contributed by atoms with Crippen LogP contribution in [-0.2, 0) is 14.8 Å². The van der Waals surface area contributed by atoms with Gasteiger partial charge in [-0.2, -0.15) is 0 Å². The lowest BCUT2D eigenvalue weighted by atomic mass is 10.2. The van der Waals surface area contributed by atoms with Crippen molar-refractivity contribution in [3.8, 4) is 0 Å². The van der Waals surface area contributed by atoms with Gasteiger partial charge in [-0.15, -0.1) is 0 Å². The number of benzene rings is 2. The number of morpholine rings is 1. The standard InChI is InChI=1S/C20H25N3O3S/c24-27(25,18-6-2-1-3-7-18)21-19-16-17(22-12-14-26-15-13-22)8-9-20(19)23-10-4-5-11-23/h1-3,6-9,16,21H,4-5,10-15H2. The van der Waals surface area contributed by atoms with Gasteiger partial charge >= 0.3 is 0 Å². The van der Waals surface area contributed by atoms with Crippen LogP contribution in [0.4, 0.5) is 17.1 Å². The summed E-state index contributed by atoms with van der Waals surface area (Å²) >= 11 is 0. The van der Waals surface area contributed by atoms with E-state index in [1.165, 1.54) is 0 Å². The van der Waals surface area contributed by atoms with Gasteiger partial charge < -0.3 is 14.5 Å². The molecule has 7 heteroatoms. The number of nitrogens with one attached hydrogen (secondary N) is 1.